The number of nitrogens with one attached hydrogen (secondary N) is 1. The summed E-state index contributed by atoms with van der Waals surface area (Å²) in [6, 6.07) is 0. The summed E-state index contributed by atoms with van der Waals surface area (Å²) in [6.07, 6.45) is 2.00. The van der Waals surface area contributed by atoms with Gasteiger partial charge in [0.1, 0.15) is 23.5 Å². The van der Waals surface area contributed by atoms with Crippen molar-refractivity contribution in [3.05, 3.63) is 69.5 Å². The van der Waals surface area contributed by atoms with Crippen molar-refractivity contribution in [2.45, 2.75) is 72.9 Å². The Hall–Kier alpha value is -4.39. The normalized spacial score (nSPS) is 35.3. The summed E-state index contributed by atoms with van der Waals surface area (Å²) in [4.78, 5) is 66.9. The average molecular weight is 652 g/mol. The number of allylic oxidation sites excluding steroid dienone is 5. The van der Waals surface area contributed by atoms with Gasteiger partial charge in [-0.1, -0.05) is 52.0 Å². The average Bonchev–Trinajstić information content (AvgIpc) is 3.03. The number of aliphatic hydroxyl groups is 3. The van der Waals surface area contributed by atoms with Crippen LogP contribution in [0.25, 0.3) is 0 Å². The molecule has 47 heavy (non-hydrogen) atoms. The van der Waals surface area contributed by atoms with Crippen LogP contribution < -0.4 is 5.32 Å². The van der Waals surface area contributed by atoms with Gasteiger partial charge in [0.2, 0.25) is 5.78 Å². The van der Waals surface area contributed by atoms with Gasteiger partial charge in [0.15, 0.2) is 11.6 Å². The van der Waals surface area contributed by atoms with E-state index in [-0.39, 0.29) is 16.7 Å². The second-order valence-corrected chi connectivity index (χ2v) is 12.9. The quantitative estimate of drug-likeness (QED) is 0.225. The number of hydrogen-bond donors (Lipinski definition) is 6. The molecule has 5 aliphatic heterocycles. The zero-order valence-corrected chi connectivity index (χ0v) is 27.3. The molecule has 0 aromatic heterocycles. The van der Waals surface area contributed by atoms with Crippen LogP contribution in [-0.4, -0.2) is 79.2 Å². The Morgan fingerprint density at radius 1 is 0.723 bits per heavy atom. The van der Waals surface area contributed by atoms with E-state index in [1.54, 1.807) is 33.8 Å². The lowest BCUT2D eigenvalue weighted by molar-refractivity contribution is -0.186. The van der Waals surface area contributed by atoms with E-state index in [1.165, 1.54) is 32.9 Å². The minimum absolute atomic E-state index is 0.128. The molecule has 12 heteroatoms. The van der Waals surface area contributed by atoms with Gasteiger partial charge in [0, 0.05) is 40.9 Å². The van der Waals surface area contributed by atoms with Gasteiger partial charge in [-0.25, -0.2) is 0 Å². The van der Waals surface area contributed by atoms with E-state index in [4.69, 9.17) is 4.74 Å². The number of phenols is 2. The van der Waals surface area contributed by atoms with Crippen molar-refractivity contribution in [3.8, 4) is 11.5 Å². The van der Waals surface area contributed by atoms with Crippen LogP contribution in [0, 0.1) is 36.5 Å². The third-order valence-electron chi connectivity index (χ3n) is 9.68. The highest BCUT2D eigenvalue weighted by Crippen LogP contribution is 2.42. The minimum Gasteiger partial charge on any atom is -0.507 e. The predicted molar refractivity (Wildman–Crippen MR) is 168 cm³/mol. The van der Waals surface area contributed by atoms with Crippen molar-refractivity contribution in [1.29, 1.82) is 0 Å². The van der Waals surface area contributed by atoms with Crippen LogP contribution in [0.1, 0.15) is 78.2 Å². The molecule has 6 N–H and O–H groups in total. The van der Waals surface area contributed by atoms with Crippen molar-refractivity contribution >= 4 is 29.2 Å². The van der Waals surface area contributed by atoms with E-state index in [9.17, 15) is 49.5 Å². The first kappa shape index (κ1) is 35.5. The zero-order valence-electron chi connectivity index (χ0n) is 27.3. The molecule has 1 fully saturated rings. The molecule has 1 aromatic rings. The number of Topliss-reactive ketones (excluding diaryl/α,β-unsaturated/α-hetero) is 2. The van der Waals surface area contributed by atoms with Crippen LogP contribution >= 0.6 is 0 Å². The molecule has 9 atom stereocenters. The third-order valence-corrected chi connectivity index (χ3v) is 9.68. The van der Waals surface area contributed by atoms with Gasteiger partial charge in [0.05, 0.1) is 40.7 Å². The number of benzene rings is 1. The Morgan fingerprint density at radius 2 is 1.30 bits per heavy atom. The molecule has 1 saturated heterocycles. The second kappa shape index (κ2) is 13.4. The Bertz CT molecular complexity index is 1670. The SMILES string of the molecule is C/C1=C/C=C\[C@H](C)[C@H](O)[C@@H](C)[C@H](O)[C@@H](C)[C@H]2OC(=O)[C@H](/C=C(/C)C(=O)c3c(O)c(C)c(O)c4c3C(=O)C=C(NC1=O)C4=O)[C@H](O)[C@@H]2C. The molecule has 5 heterocycles. The molecule has 0 unspecified atom stereocenters. The van der Waals surface area contributed by atoms with E-state index < -0.39 is 117 Å². The number of carbonyl (C=O) groups excluding carboxylic acids is 5. The summed E-state index contributed by atoms with van der Waals surface area (Å²) >= 11 is 0. The van der Waals surface area contributed by atoms with Crippen LogP contribution in [-0.2, 0) is 14.3 Å². The van der Waals surface area contributed by atoms with Crippen LogP contribution in [0.15, 0.2) is 47.2 Å². The van der Waals surface area contributed by atoms with E-state index in [0.29, 0.717) is 0 Å². The highest BCUT2D eigenvalue weighted by atomic mass is 16.6. The maximum absolute atomic E-state index is 13.8. The molecule has 0 radical (unpaired) electrons. The first-order valence-corrected chi connectivity index (χ1v) is 15.4. The Morgan fingerprint density at radius 3 is 1.91 bits per heavy atom. The summed E-state index contributed by atoms with van der Waals surface area (Å²) in [6.45, 7) is 10.6. The van der Waals surface area contributed by atoms with E-state index in [2.05, 4.69) is 5.32 Å². The first-order valence-electron chi connectivity index (χ1n) is 15.4. The van der Waals surface area contributed by atoms with Gasteiger partial charge in [-0.15, -0.1) is 0 Å². The van der Waals surface area contributed by atoms with Crippen LogP contribution in [0.3, 0.4) is 0 Å². The number of esters is 1. The maximum Gasteiger partial charge on any atom is 0.315 e. The van der Waals surface area contributed by atoms with Gasteiger partial charge in [-0.3, -0.25) is 24.0 Å². The molecule has 1 aliphatic carbocycles. The summed E-state index contributed by atoms with van der Waals surface area (Å²) in [5.41, 5.74) is -2.54. The highest BCUT2D eigenvalue weighted by molar-refractivity contribution is 6.31. The number of ketones is 3. The lowest BCUT2D eigenvalue weighted by atomic mass is 9.75. The van der Waals surface area contributed by atoms with E-state index in [1.807, 2.05) is 0 Å². The molecule has 1 amide bonds. The number of amides is 1. The van der Waals surface area contributed by atoms with E-state index in [0.717, 1.165) is 12.2 Å². The Balaban J connectivity index is 1.88. The number of aliphatic hydroxyl groups excluding tert-OH is 3. The monoisotopic (exact) mass is 651 g/mol. The van der Waals surface area contributed by atoms with Crippen molar-refractivity contribution in [3.63, 3.8) is 0 Å². The second-order valence-electron chi connectivity index (χ2n) is 12.9. The number of ether oxygens (including phenoxy) is 1. The number of hydrogen-bond acceptors (Lipinski definition) is 11. The number of carbonyl (C=O) groups is 5. The smallest absolute Gasteiger partial charge is 0.315 e. The topological polar surface area (TPSA) is 208 Å². The third kappa shape index (κ3) is 6.32. The van der Waals surface area contributed by atoms with E-state index >= 15 is 0 Å². The molecule has 0 saturated carbocycles. The van der Waals surface area contributed by atoms with Crippen molar-refractivity contribution < 1.29 is 54.2 Å². The molecule has 6 bridgehead atoms. The lowest BCUT2D eigenvalue weighted by Gasteiger charge is -2.42. The molecule has 7 rings (SSSR count). The molecule has 6 aliphatic rings. The van der Waals surface area contributed by atoms with Crippen LogP contribution in [0.2, 0.25) is 0 Å². The van der Waals surface area contributed by atoms with Crippen molar-refractivity contribution in [1.82, 2.24) is 5.32 Å². The Labute approximate surface area is 272 Å². The van der Waals surface area contributed by atoms with Crippen molar-refractivity contribution in [2.75, 3.05) is 0 Å². The summed E-state index contributed by atoms with van der Waals surface area (Å²) < 4.78 is 5.70. The molecular weight excluding hydrogens is 610 g/mol. The largest absolute Gasteiger partial charge is 0.507 e. The van der Waals surface area contributed by atoms with Gasteiger partial charge in [-0.05, 0) is 26.3 Å². The fourth-order valence-electron chi connectivity index (χ4n) is 6.45. The predicted octanol–water partition coefficient (Wildman–Crippen LogP) is 2.60. The summed E-state index contributed by atoms with van der Waals surface area (Å²) in [5.74, 6) is -9.98. The van der Waals surface area contributed by atoms with Crippen LogP contribution in [0.4, 0.5) is 0 Å². The first-order chi connectivity index (χ1) is 21.9. The number of aromatic hydroxyl groups is 2. The molecular formula is C35H41NO11. The van der Waals surface area contributed by atoms with Crippen LogP contribution in [0.5, 0.6) is 11.5 Å². The summed E-state index contributed by atoms with van der Waals surface area (Å²) in [5, 5.41) is 57.6. The fraction of sp³-hybridized carbons (Fsp3) is 0.457. The zero-order chi connectivity index (χ0) is 35.2. The molecule has 252 valence electrons. The van der Waals surface area contributed by atoms with Gasteiger partial charge < -0.3 is 35.6 Å². The fourth-order valence-corrected chi connectivity index (χ4v) is 6.45. The number of phenolic OH excluding ortho intramolecular Hbond substituents is 2. The van der Waals surface area contributed by atoms with Gasteiger partial charge >= 0.3 is 5.97 Å². The maximum atomic E-state index is 13.8. The lowest BCUT2D eigenvalue weighted by Crippen LogP contribution is -2.53. The Kier molecular flexibility index (Phi) is 10.1. The number of rotatable bonds is 0. The highest BCUT2D eigenvalue weighted by Gasteiger charge is 2.47. The standard InChI is InChI=1S/C35H41NO11/c1-13-9-8-10-14(2)34(45)36-21-12-22(37)23-24(30(42)17(5)31(43)25(23)32(21)44)27(39)15(3)11-20-29(41)19(7)33(47-35(20)46)18(6)28(40)16(4)26(13)38/h8-13,16,18-20,26,28-29,33,38,40-43H,1-7H3,(H,36,45)/b9-8-,14-10-,15-11-/t13-,16+,18+,19-,20+,26-,28-,29+,33+/m0/s1. The van der Waals surface area contributed by atoms with Crippen molar-refractivity contribution in [2.24, 2.45) is 29.6 Å². The molecule has 0 spiro atoms. The molecule has 12 nitrogen and oxygen atoms in total. The summed E-state index contributed by atoms with van der Waals surface area (Å²) in [7, 11) is 0. The minimum atomic E-state index is -1.36. The van der Waals surface area contributed by atoms with Gasteiger partial charge in [-0.2, -0.15) is 0 Å². The molecule has 1 aromatic carbocycles. The van der Waals surface area contributed by atoms with Gasteiger partial charge in [0.25, 0.3) is 5.91 Å².